The largest absolute Gasteiger partial charge is 0.312 e. The first-order chi connectivity index (χ1) is 10.2. The maximum absolute atomic E-state index is 4.70. The van der Waals surface area contributed by atoms with Crippen LogP contribution in [0.1, 0.15) is 48.7 Å². The van der Waals surface area contributed by atoms with E-state index in [1.807, 2.05) is 0 Å². The number of hydrogen-bond donors (Lipinski definition) is 1. The molecular weight excluding hydrogens is 256 g/mol. The summed E-state index contributed by atoms with van der Waals surface area (Å²) in [4.78, 5) is 4.70. The molecule has 0 radical (unpaired) electrons. The van der Waals surface area contributed by atoms with Gasteiger partial charge in [-0.3, -0.25) is 4.98 Å². The second-order valence-electron chi connectivity index (χ2n) is 6.49. The first-order valence-electron chi connectivity index (χ1n) is 8.28. The standard InChI is InChI=1S/C19H26N2/c1-4-18-10-17-9-16(12-20-11-15-6-5-7-15)8-13(2)19(17)14(3)21-18/h8-10,15,20H,4-7,11-12H2,1-3H3. The summed E-state index contributed by atoms with van der Waals surface area (Å²) in [5.74, 6) is 0.921. The summed E-state index contributed by atoms with van der Waals surface area (Å²) < 4.78 is 0. The van der Waals surface area contributed by atoms with Crippen LogP contribution in [0.2, 0.25) is 0 Å². The number of rotatable bonds is 5. The Morgan fingerprint density at radius 1 is 1.19 bits per heavy atom. The van der Waals surface area contributed by atoms with Crippen LogP contribution in [0, 0.1) is 19.8 Å². The molecular formula is C19H26N2. The van der Waals surface area contributed by atoms with Gasteiger partial charge in [0.2, 0.25) is 0 Å². The van der Waals surface area contributed by atoms with Gasteiger partial charge in [-0.2, -0.15) is 0 Å². The maximum atomic E-state index is 4.70. The van der Waals surface area contributed by atoms with Crippen molar-refractivity contribution in [2.75, 3.05) is 6.54 Å². The number of fused-ring (bicyclic) bond motifs is 1. The Balaban J connectivity index is 1.82. The smallest absolute Gasteiger partial charge is 0.0456 e. The summed E-state index contributed by atoms with van der Waals surface area (Å²) in [5, 5.41) is 6.30. The third-order valence-corrected chi connectivity index (χ3v) is 4.77. The normalized spacial score (nSPS) is 15.4. The van der Waals surface area contributed by atoms with E-state index in [4.69, 9.17) is 4.98 Å². The monoisotopic (exact) mass is 282 g/mol. The second kappa shape index (κ2) is 6.15. The Kier molecular flexibility index (Phi) is 4.25. The average molecular weight is 282 g/mol. The van der Waals surface area contributed by atoms with Gasteiger partial charge in [0.25, 0.3) is 0 Å². The van der Waals surface area contributed by atoms with E-state index in [0.29, 0.717) is 0 Å². The van der Waals surface area contributed by atoms with Crippen LogP contribution >= 0.6 is 0 Å². The van der Waals surface area contributed by atoms with E-state index in [9.17, 15) is 0 Å². The van der Waals surface area contributed by atoms with Gasteiger partial charge in [-0.15, -0.1) is 0 Å². The number of aryl methyl sites for hydroxylation is 3. The van der Waals surface area contributed by atoms with Gasteiger partial charge in [-0.05, 0) is 74.2 Å². The first kappa shape index (κ1) is 14.5. The Bertz CT molecular complexity index is 642. The van der Waals surface area contributed by atoms with Crippen molar-refractivity contribution in [2.45, 2.75) is 53.0 Å². The predicted octanol–water partition coefficient (Wildman–Crippen LogP) is 4.30. The van der Waals surface area contributed by atoms with Crippen LogP contribution < -0.4 is 5.32 Å². The molecule has 0 atom stereocenters. The molecule has 1 aliphatic rings. The molecule has 0 aliphatic heterocycles. The van der Waals surface area contributed by atoms with Crippen LogP contribution in [0.5, 0.6) is 0 Å². The number of nitrogens with zero attached hydrogens (tertiary/aromatic N) is 1. The van der Waals surface area contributed by atoms with Crippen molar-refractivity contribution < 1.29 is 0 Å². The third kappa shape index (κ3) is 3.11. The average Bonchev–Trinajstić information content (AvgIpc) is 2.40. The molecule has 0 amide bonds. The van der Waals surface area contributed by atoms with Gasteiger partial charge in [0, 0.05) is 23.3 Å². The lowest BCUT2D eigenvalue weighted by Gasteiger charge is -2.25. The third-order valence-electron chi connectivity index (χ3n) is 4.77. The summed E-state index contributed by atoms with van der Waals surface area (Å²) in [6.07, 6.45) is 5.25. The molecule has 2 nitrogen and oxygen atoms in total. The molecule has 21 heavy (non-hydrogen) atoms. The zero-order valence-corrected chi connectivity index (χ0v) is 13.5. The fraction of sp³-hybridized carbons (Fsp3) is 0.526. The Morgan fingerprint density at radius 3 is 2.67 bits per heavy atom. The topological polar surface area (TPSA) is 24.9 Å². The number of aromatic nitrogens is 1. The van der Waals surface area contributed by atoms with Gasteiger partial charge in [0.1, 0.15) is 0 Å². The van der Waals surface area contributed by atoms with Crippen molar-refractivity contribution in [1.82, 2.24) is 10.3 Å². The summed E-state index contributed by atoms with van der Waals surface area (Å²) >= 11 is 0. The number of benzene rings is 1. The van der Waals surface area contributed by atoms with E-state index in [1.54, 1.807) is 0 Å². The lowest BCUT2D eigenvalue weighted by atomic mass is 9.85. The van der Waals surface area contributed by atoms with Crippen molar-refractivity contribution >= 4 is 10.8 Å². The lowest BCUT2D eigenvalue weighted by molar-refractivity contribution is 0.301. The number of hydrogen-bond acceptors (Lipinski definition) is 2. The van der Waals surface area contributed by atoms with Crippen LogP contribution in [-0.4, -0.2) is 11.5 Å². The molecule has 1 saturated carbocycles. The van der Waals surface area contributed by atoms with Crippen LogP contribution in [0.3, 0.4) is 0 Å². The lowest BCUT2D eigenvalue weighted by Crippen LogP contribution is -2.26. The highest BCUT2D eigenvalue weighted by Gasteiger charge is 2.16. The Morgan fingerprint density at radius 2 is 2.00 bits per heavy atom. The fourth-order valence-electron chi connectivity index (χ4n) is 3.38. The van der Waals surface area contributed by atoms with Crippen LogP contribution in [0.15, 0.2) is 18.2 Å². The first-order valence-corrected chi connectivity index (χ1v) is 8.28. The van der Waals surface area contributed by atoms with Crippen molar-refractivity contribution in [1.29, 1.82) is 0 Å². The Hall–Kier alpha value is -1.41. The van der Waals surface area contributed by atoms with E-state index in [-0.39, 0.29) is 0 Å². The zero-order chi connectivity index (χ0) is 14.8. The van der Waals surface area contributed by atoms with E-state index in [1.165, 1.54) is 53.4 Å². The molecule has 1 aromatic heterocycles. The van der Waals surface area contributed by atoms with Crippen LogP contribution in [-0.2, 0) is 13.0 Å². The van der Waals surface area contributed by atoms with E-state index in [2.05, 4.69) is 44.3 Å². The number of pyridine rings is 1. The van der Waals surface area contributed by atoms with Gasteiger partial charge in [0.05, 0.1) is 0 Å². The molecule has 2 heteroatoms. The summed E-state index contributed by atoms with van der Waals surface area (Å²) in [6, 6.07) is 6.91. The summed E-state index contributed by atoms with van der Waals surface area (Å²) in [5.41, 5.74) is 5.10. The van der Waals surface area contributed by atoms with Crippen LogP contribution in [0.4, 0.5) is 0 Å². The minimum absolute atomic E-state index is 0.921. The molecule has 0 bridgehead atoms. The van der Waals surface area contributed by atoms with E-state index in [0.717, 1.165) is 24.6 Å². The highest BCUT2D eigenvalue weighted by molar-refractivity contribution is 5.88. The summed E-state index contributed by atoms with van der Waals surface area (Å²) in [7, 11) is 0. The van der Waals surface area contributed by atoms with Crippen molar-refractivity contribution in [2.24, 2.45) is 5.92 Å². The predicted molar refractivity (Wildman–Crippen MR) is 89.6 cm³/mol. The molecule has 2 aromatic rings. The summed E-state index contributed by atoms with van der Waals surface area (Å²) in [6.45, 7) is 8.66. The molecule has 1 heterocycles. The van der Waals surface area contributed by atoms with Gasteiger partial charge in [-0.1, -0.05) is 19.4 Å². The van der Waals surface area contributed by atoms with Crippen molar-refractivity contribution in [3.63, 3.8) is 0 Å². The minimum Gasteiger partial charge on any atom is -0.312 e. The molecule has 0 unspecified atom stereocenters. The highest BCUT2D eigenvalue weighted by Crippen LogP contribution is 2.26. The van der Waals surface area contributed by atoms with E-state index >= 15 is 0 Å². The second-order valence-corrected chi connectivity index (χ2v) is 6.49. The molecule has 3 rings (SSSR count). The molecule has 1 fully saturated rings. The van der Waals surface area contributed by atoms with Crippen molar-refractivity contribution in [3.8, 4) is 0 Å². The maximum Gasteiger partial charge on any atom is 0.0456 e. The number of nitrogens with one attached hydrogen (secondary N) is 1. The SMILES string of the molecule is CCc1cc2cc(CNCC3CCC3)cc(C)c2c(C)n1. The quantitative estimate of drug-likeness (QED) is 0.884. The molecule has 1 N–H and O–H groups in total. The van der Waals surface area contributed by atoms with E-state index < -0.39 is 0 Å². The molecule has 112 valence electrons. The Labute approximate surface area is 128 Å². The van der Waals surface area contributed by atoms with Gasteiger partial charge >= 0.3 is 0 Å². The fourth-order valence-corrected chi connectivity index (χ4v) is 3.38. The molecule has 0 spiro atoms. The van der Waals surface area contributed by atoms with Gasteiger partial charge in [0.15, 0.2) is 0 Å². The molecule has 1 aliphatic carbocycles. The van der Waals surface area contributed by atoms with Crippen LogP contribution in [0.25, 0.3) is 10.8 Å². The van der Waals surface area contributed by atoms with Crippen molar-refractivity contribution in [3.05, 3.63) is 40.7 Å². The molecule has 1 aromatic carbocycles. The zero-order valence-electron chi connectivity index (χ0n) is 13.5. The minimum atomic E-state index is 0.921. The van der Waals surface area contributed by atoms with Gasteiger partial charge in [-0.25, -0.2) is 0 Å². The highest BCUT2D eigenvalue weighted by atomic mass is 14.9. The molecule has 0 saturated heterocycles. The van der Waals surface area contributed by atoms with Gasteiger partial charge < -0.3 is 5.32 Å².